The molecule has 2 aliphatic heterocycles. The zero-order valence-electron chi connectivity index (χ0n) is 12.7. The molecule has 5 heteroatoms. The molecule has 1 N–H and O–H groups in total. The molecule has 2 aliphatic rings. The molecule has 2 fully saturated rings. The molecule has 2 saturated heterocycles. The van der Waals surface area contributed by atoms with Crippen LogP contribution in [0.4, 0.5) is 0 Å². The number of nitrogens with one attached hydrogen (secondary N) is 1. The number of ether oxygens (including phenoxy) is 1. The molecule has 2 rings (SSSR count). The fourth-order valence-corrected chi connectivity index (χ4v) is 3.00. The predicted molar refractivity (Wildman–Crippen MR) is 83.0 cm³/mol. The molecule has 1 unspecified atom stereocenters. The van der Waals surface area contributed by atoms with E-state index < -0.39 is 0 Å². The number of hydrogen-bond acceptors (Lipinski definition) is 3. The van der Waals surface area contributed by atoms with Gasteiger partial charge in [-0.3, -0.25) is 4.99 Å². The maximum Gasteiger partial charge on any atom is 0.193 e. The minimum atomic E-state index is 0.240. The van der Waals surface area contributed by atoms with Gasteiger partial charge in [0.05, 0.1) is 6.61 Å². The van der Waals surface area contributed by atoms with Gasteiger partial charge >= 0.3 is 0 Å². The lowest BCUT2D eigenvalue weighted by Gasteiger charge is -2.28. The summed E-state index contributed by atoms with van der Waals surface area (Å²) in [5.74, 6) is 1.05. The van der Waals surface area contributed by atoms with E-state index in [1.165, 1.54) is 12.8 Å². The molecule has 0 radical (unpaired) electrons. The molecule has 1 spiro atoms. The third-order valence-corrected chi connectivity index (χ3v) is 5.61. The Hall–Kier alpha value is -0.420. The standard InChI is InChI=1S/C14H27N3OS/c1-13(2,19-4)9-16-12(15-3)17-7-5-14(10-17)6-8-18-11-14/h5-11H2,1-4H3,(H,15,16). The first kappa shape index (κ1) is 15.0. The van der Waals surface area contributed by atoms with Gasteiger partial charge in [0.2, 0.25) is 0 Å². The van der Waals surface area contributed by atoms with Gasteiger partial charge in [0.15, 0.2) is 5.96 Å². The lowest BCUT2D eigenvalue weighted by molar-refractivity contribution is 0.156. The lowest BCUT2D eigenvalue weighted by atomic mass is 9.87. The van der Waals surface area contributed by atoms with Crippen LogP contribution in [-0.4, -0.2) is 61.8 Å². The number of rotatable bonds is 3. The van der Waals surface area contributed by atoms with E-state index in [1.807, 2.05) is 18.8 Å². The average molecular weight is 285 g/mol. The Bertz CT molecular complexity index is 338. The SMILES string of the molecule is CN=C(NCC(C)(C)SC)N1CCC2(CCOC2)C1. The van der Waals surface area contributed by atoms with E-state index in [9.17, 15) is 0 Å². The molecule has 19 heavy (non-hydrogen) atoms. The second-order valence-electron chi connectivity index (χ2n) is 6.34. The molecule has 0 aliphatic carbocycles. The summed E-state index contributed by atoms with van der Waals surface area (Å²) in [6, 6.07) is 0. The van der Waals surface area contributed by atoms with E-state index in [2.05, 4.69) is 35.3 Å². The molecular formula is C14H27N3OS. The van der Waals surface area contributed by atoms with Gasteiger partial charge in [-0.25, -0.2) is 0 Å². The van der Waals surface area contributed by atoms with E-state index in [4.69, 9.17) is 4.74 Å². The van der Waals surface area contributed by atoms with Crippen molar-refractivity contribution in [2.75, 3.05) is 46.2 Å². The van der Waals surface area contributed by atoms with Crippen molar-refractivity contribution in [3.63, 3.8) is 0 Å². The Morgan fingerprint density at radius 1 is 1.47 bits per heavy atom. The first-order valence-corrected chi connectivity index (χ1v) is 8.31. The fraction of sp³-hybridized carbons (Fsp3) is 0.929. The van der Waals surface area contributed by atoms with Crippen molar-refractivity contribution in [3.8, 4) is 0 Å². The van der Waals surface area contributed by atoms with Gasteiger partial charge in [-0.15, -0.1) is 0 Å². The summed E-state index contributed by atoms with van der Waals surface area (Å²) >= 11 is 1.88. The van der Waals surface area contributed by atoms with Gasteiger partial charge in [0, 0.05) is 43.5 Å². The van der Waals surface area contributed by atoms with Crippen LogP contribution in [0, 0.1) is 5.41 Å². The number of likely N-dealkylation sites (tertiary alicyclic amines) is 1. The van der Waals surface area contributed by atoms with E-state index in [-0.39, 0.29) is 4.75 Å². The quantitative estimate of drug-likeness (QED) is 0.634. The van der Waals surface area contributed by atoms with Gasteiger partial charge in [0.25, 0.3) is 0 Å². The maximum absolute atomic E-state index is 5.59. The van der Waals surface area contributed by atoms with Crippen LogP contribution in [0.1, 0.15) is 26.7 Å². The van der Waals surface area contributed by atoms with Crippen LogP contribution in [0.15, 0.2) is 4.99 Å². The zero-order valence-corrected chi connectivity index (χ0v) is 13.5. The molecule has 4 nitrogen and oxygen atoms in total. The summed E-state index contributed by atoms with van der Waals surface area (Å²) in [5.41, 5.74) is 0.395. The van der Waals surface area contributed by atoms with Crippen molar-refractivity contribution in [1.82, 2.24) is 10.2 Å². The molecule has 0 aromatic heterocycles. The lowest BCUT2D eigenvalue weighted by Crippen LogP contribution is -2.45. The average Bonchev–Trinajstić information content (AvgIpc) is 3.02. The molecular weight excluding hydrogens is 258 g/mol. The summed E-state index contributed by atoms with van der Waals surface area (Å²) in [4.78, 5) is 6.84. The molecule has 110 valence electrons. The second kappa shape index (κ2) is 5.92. The first-order valence-electron chi connectivity index (χ1n) is 7.09. The minimum absolute atomic E-state index is 0.240. The van der Waals surface area contributed by atoms with Gasteiger partial charge < -0.3 is 15.0 Å². The molecule has 0 aromatic carbocycles. The molecule has 2 heterocycles. The summed E-state index contributed by atoms with van der Waals surface area (Å²) in [6.07, 6.45) is 4.60. The molecule has 0 aromatic rings. The van der Waals surface area contributed by atoms with Crippen molar-refractivity contribution >= 4 is 17.7 Å². The highest BCUT2D eigenvalue weighted by Crippen LogP contribution is 2.38. The Morgan fingerprint density at radius 2 is 2.26 bits per heavy atom. The number of guanidine groups is 1. The normalized spacial score (nSPS) is 28.4. The van der Waals surface area contributed by atoms with E-state index in [1.54, 1.807) is 0 Å². The number of nitrogens with zero attached hydrogens (tertiary/aromatic N) is 2. The number of aliphatic imine (C=N–C) groups is 1. The smallest absolute Gasteiger partial charge is 0.193 e. The van der Waals surface area contributed by atoms with Crippen LogP contribution in [0.2, 0.25) is 0 Å². The third kappa shape index (κ3) is 3.57. The Morgan fingerprint density at radius 3 is 2.84 bits per heavy atom. The Labute approximate surface area is 121 Å². The van der Waals surface area contributed by atoms with Gasteiger partial charge in [-0.05, 0) is 32.9 Å². The Kier molecular flexibility index (Phi) is 4.66. The van der Waals surface area contributed by atoms with Crippen LogP contribution in [-0.2, 0) is 4.74 Å². The van der Waals surface area contributed by atoms with E-state index in [0.717, 1.165) is 38.8 Å². The molecule has 0 amide bonds. The molecule has 0 saturated carbocycles. The van der Waals surface area contributed by atoms with Crippen molar-refractivity contribution in [2.45, 2.75) is 31.4 Å². The first-order chi connectivity index (χ1) is 9.00. The van der Waals surface area contributed by atoms with E-state index in [0.29, 0.717) is 5.41 Å². The number of thioether (sulfide) groups is 1. The van der Waals surface area contributed by atoms with Crippen LogP contribution in [0.5, 0.6) is 0 Å². The largest absolute Gasteiger partial charge is 0.381 e. The minimum Gasteiger partial charge on any atom is -0.381 e. The maximum atomic E-state index is 5.59. The van der Waals surface area contributed by atoms with Crippen LogP contribution < -0.4 is 5.32 Å². The third-order valence-electron chi connectivity index (χ3n) is 4.36. The fourth-order valence-electron chi connectivity index (χ4n) is 2.78. The van der Waals surface area contributed by atoms with Crippen molar-refractivity contribution in [2.24, 2.45) is 10.4 Å². The Balaban J connectivity index is 1.89. The van der Waals surface area contributed by atoms with Crippen LogP contribution in [0.3, 0.4) is 0 Å². The second-order valence-corrected chi connectivity index (χ2v) is 7.85. The predicted octanol–water partition coefficient (Wildman–Crippen LogP) is 1.82. The van der Waals surface area contributed by atoms with Gasteiger partial charge in [-0.2, -0.15) is 11.8 Å². The highest BCUT2D eigenvalue weighted by Gasteiger charge is 2.42. The van der Waals surface area contributed by atoms with E-state index >= 15 is 0 Å². The molecule has 1 atom stereocenters. The summed E-state index contributed by atoms with van der Waals surface area (Å²) in [7, 11) is 1.88. The van der Waals surface area contributed by atoms with Gasteiger partial charge in [0.1, 0.15) is 0 Å². The zero-order chi connectivity index (χ0) is 13.9. The van der Waals surface area contributed by atoms with Crippen LogP contribution >= 0.6 is 11.8 Å². The topological polar surface area (TPSA) is 36.9 Å². The summed E-state index contributed by atoms with van der Waals surface area (Å²) in [6.45, 7) is 9.51. The summed E-state index contributed by atoms with van der Waals surface area (Å²) < 4.78 is 5.83. The van der Waals surface area contributed by atoms with Crippen molar-refractivity contribution in [3.05, 3.63) is 0 Å². The monoisotopic (exact) mass is 285 g/mol. The highest BCUT2D eigenvalue weighted by atomic mass is 32.2. The van der Waals surface area contributed by atoms with Crippen molar-refractivity contribution < 1.29 is 4.74 Å². The van der Waals surface area contributed by atoms with Crippen molar-refractivity contribution in [1.29, 1.82) is 0 Å². The molecule has 0 bridgehead atoms. The number of hydrogen-bond donors (Lipinski definition) is 1. The summed E-state index contributed by atoms with van der Waals surface area (Å²) in [5, 5.41) is 3.52. The highest BCUT2D eigenvalue weighted by molar-refractivity contribution is 7.99. The van der Waals surface area contributed by atoms with Gasteiger partial charge in [-0.1, -0.05) is 0 Å². The van der Waals surface area contributed by atoms with Crippen LogP contribution in [0.25, 0.3) is 0 Å².